The lowest BCUT2D eigenvalue weighted by molar-refractivity contribution is 0.139. The van der Waals surface area contributed by atoms with Crippen molar-refractivity contribution in [2.45, 2.75) is 24.8 Å². The second-order valence-electron chi connectivity index (χ2n) is 4.22. The van der Waals surface area contributed by atoms with Gasteiger partial charge in [-0.3, -0.25) is 0 Å². The van der Waals surface area contributed by atoms with Crippen molar-refractivity contribution in [2.75, 3.05) is 13.2 Å². The van der Waals surface area contributed by atoms with E-state index in [1.54, 1.807) is 6.07 Å². The van der Waals surface area contributed by atoms with Crippen LogP contribution in [0, 0.1) is 11.6 Å². The fourth-order valence-electron chi connectivity index (χ4n) is 2.13. The Bertz CT molecular complexity index is 373. The lowest BCUT2D eigenvalue weighted by atomic mass is 9.84. The maximum atomic E-state index is 13.7. The average Bonchev–Trinajstić information content (AvgIpc) is 2.48. The Morgan fingerprint density at radius 2 is 2.00 bits per heavy atom. The van der Waals surface area contributed by atoms with Gasteiger partial charge in [-0.1, -0.05) is 12.1 Å². The highest BCUT2D eigenvalue weighted by Gasteiger charge is 2.32. The van der Waals surface area contributed by atoms with Crippen LogP contribution in [-0.4, -0.2) is 13.2 Å². The van der Waals surface area contributed by atoms with Crippen LogP contribution in [0.4, 0.5) is 8.78 Å². The standard InChI is InChI=1S/C12H15F2NO/c13-10-4-1-3-9(11(10)14)12(15)5-2-7-16-8-6-12/h1,3-4H,2,5-8,15H2. The Morgan fingerprint density at radius 3 is 2.81 bits per heavy atom. The van der Waals surface area contributed by atoms with E-state index >= 15 is 0 Å². The molecule has 1 unspecified atom stereocenters. The van der Waals surface area contributed by atoms with E-state index in [-0.39, 0.29) is 5.56 Å². The Balaban J connectivity index is 2.37. The number of hydrogen-bond acceptors (Lipinski definition) is 2. The van der Waals surface area contributed by atoms with E-state index in [0.717, 1.165) is 12.5 Å². The zero-order chi connectivity index (χ0) is 11.6. The third-order valence-electron chi connectivity index (χ3n) is 3.09. The molecule has 0 spiro atoms. The van der Waals surface area contributed by atoms with Gasteiger partial charge in [-0.15, -0.1) is 0 Å². The minimum Gasteiger partial charge on any atom is -0.381 e. The number of benzene rings is 1. The largest absolute Gasteiger partial charge is 0.381 e. The molecule has 0 aliphatic carbocycles. The number of halogens is 2. The zero-order valence-corrected chi connectivity index (χ0v) is 9.01. The molecule has 1 aromatic carbocycles. The highest BCUT2D eigenvalue weighted by Crippen LogP contribution is 2.32. The molecule has 0 amide bonds. The van der Waals surface area contributed by atoms with Gasteiger partial charge in [0.05, 0.1) is 0 Å². The molecule has 2 nitrogen and oxygen atoms in total. The topological polar surface area (TPSA) is 35.2 Å². The molecule has 1 heterocycles. The second-order valence-corrected chi connectivity index (χ2v) is 4.22. The molecule has 0 radical (unpaired) electrons. The Morgan fingerprint density at radius 1 is 1.19 bits per heavy atom. The molecule has 1 atom stereocenters. The van der Waals surface area contributed by atoms with Crippen molar-refractivity contribution < 1.29 is 13.5 Å². The molecule has 4 heteroatoms. The first-order chi connectivity index (χ1) is 7.63. The molecular weight excluding hydrogens is 212 g/mol. The number of ether oxygens (including phenoxy) is 1. The van der Waals surface area contributed by atoms with Crippen molar-refractivity contribution >= 4 is 0 Å². The summed E-state index contributed by atoms with van der Waals surface area (Å²) in [5.41, 5.74) is 5.62. The van der Waals surface area contributed by atoms with Crippen LogP contribution >= 0.6 is 0 Å². The van der Waals surface area contributed by atoms with Crippen LogP contribution in [0.3, 0.4) is 0 Å². The summed E-state index contributed by atoms with van der Waals surface area (Å²) in [7, 11) is 0. The lowest BCUT2D eigenvalue weighted by Crippen LogP contribution is -2.38. The normalized spacial score (nSPS) is 26.4. The number of hydrogen-bond donors (Lipinski definition) is 1. The van der Waals surface area contributed by atoms with Crippen molar-refractivity contribution in [1.29, 1.82) is 0 Å². The van der Waals surface area contributed by atoms with Crippen LogP contribution in [0.25, 0.3) is 0 Å². The van der Waals surface area contributed by atoms with Crippen molar-refractivity contribution in [3.63, 3.8) is 0 Å². The molecular formula is C12H15F2NO. The first-order valence-corrected chi connectivity index (χ1v) is 5.45. The maximum Gasteiger partial charge on any atom is 0.163 e. The fourth-order valence-corrected chi connectivity index (χ4v) is 2.13. The molecule has 2 N–H and O–H groups in total. The molecule has 16 heavy (non-hydrogen) atoms. The summed E-state index contributed by atoms with van der Waals surface area (Å²) in [6, 6.07) is 4.16. The van der Waals surface area contributed by atoms with Crippen molar-refractivity contribution in [2.24, 2.45) is 5.73 Å². The first kappa shape index (κ1) is 11.5. The van der Waals surface area contributed by atoms with Gasteiger partial charge >= 0.3 is 0 Å². The maximum absolute atomic E-state index is 13.7. The van der Waals surface area contributed by atoms with Gasteiger partial charge in [0.2, 0.25) is 0 Å². The molecule has 0 aromatic heterocycles. The van der Waals surface area contributed by atoms with Gasteiger partial charge in [-0.2, -0.15) is 0 Å². The predicted octanol–water partition coefficient (Wildman–Crippen LogP) is 2.32. The number of rotatable bonds is 1. The summed E-state index contributed by atoms with van der Waals surface area (Å²) in [4.78, 5) is 0. The van der Waals surface area contributed by atoms with Gasteiger partial charge in [-0.05, 0) is 25.3 Å². The molecule has 88 valence electrons. The van der Waals surface area contributed by atoms with Gasteiger partial charge in [0.15, 0.2) is 11.6 Å². The molecule has 1 aromatic rings. The van der Waals surface area contributed by atoms with Crippen LogP contribution in [0.5, 0.6) is 0 Å². The second kappa shape index (κ2) is 4.47. The monoisotopic (exact) mass is 227 g/mol. The van der Waals surface area contributed by atoms with Gasteiger partial charge in [-0.25, -0.2) is 8.78 Å². The van der Waals surface area contributed by atoms with Gasteiger partial charge in [0.1, 0.15) is 0 Å². The Kier molecular flexibility index (Phi) is 3.21. The number of nitrogens with two attached hydrogens (primary N) is 1. The Hall–Kier alpha value is -1.00. The molecule has 1 aliphatic heterocycles. The van der Waals surface area contributed by atoms with E-state index in [4.69, 9.17) is 10.5 Å². The third kappa shape index (κ3) is 2.08. The fraction of sp³-hybridized carbons (Fsp3) is 0.500. The minimum atomic E-state index is -0.840. The SMILES string of the molecule is NC1(c2cccc(F)c2F)CCCOCC1. The first-order valence-electron chi connectivity index (χ1n) is 5.45. The summed E-state index contributed by atoms with van der Waals surface area (Å²) < 4.78 is 32.1. The highest BCUT2D eigenvalue weighted by atomic mass is 19.2. The molecule has 1 saturated heterocycles. The Labute approximate surface area is 93.4 Å². The smallest absolute Gasteiger partial charge is 0.163 e. The van der Waals surface area contributed by atoms with Crippen LogP contribution < -0.4 is 5.73 Å². The summed E-state index contributed by atoms with van der Waals surface area (Å²) in [6.07, 6.45) is 1.91. The predicted molar refractivity (Wildman–Crippen MR) is 56.9 cm³/mol. The quantitative estimate of drug-likeness (QED) is 0.799. The van der Waals surface area contributed by atoms with E-state index in [1.807, 2.05) is 0 Å². The van der Waals surface area contributed by atoms with E-state index in [1.165, 1.54) is 6.07 Å². The molecule has 2 rings (SSSR count). The average molecular weight is 227 g/mol. The van der Waals surface area contributed by atoms with Gasteiger partial charge in [0.25, 0.3) is 0 Å². The summed E-state index contributed by atoms with van der Waals surface area (Å²) >= 11 is 0. The van der Waals surface area contributed by atoms with E-state index in [9.17, 15) is 8.78 Å². The van der Waals surface area contributed by atoms with E-state index in [0.29, 0.717) is 26.1 Å². The van der Waals surface area contributed by atoms with Crippen molar-refractivity contribution in [3.8, 4) is 0 Å². The van der Waals surface area contributed by atoms with E-state index in [2.05, 4.69) is 0 Å². The van der Waals surface area contributed by atoms with Crippen molar-refractivity contribution in [1.82, 2.24) is 0 Å². The lowest BCUT2D eigenvalue weighted by Gasteiger charge is -2.28. The molecule has 1 fully saturated rings. The van der Waals surface area contributed by atoms with Gasteiger partial charge < -0.3 is 10.5 Å². The molecule has 1 aliphatic rings. The van der Waals surface area contributed by atoms with Crippen LogP contribution in [0.15, 0.2) is 18.2 Å². The molecule has 0 bridgehead atoms. The summed E-state index contributed by atoms with van der Waals surface area (Å²) in [5, 5.41) is 0. The van der Waals surface area contributed by atoms with Crippen molar-refractivity contribution in [3.05, 3.63) is 35.4 Å². The highest BCUT2D eigenvalue weighted by molar-refractivity contribution is 5.27. The minimum absolute atomic E-state index is 0.262. The van der Waals surface area contributed by atoms with Gasteiger partial charge in [0, 0.05) is 24.3 Å². The van der Waals surface area contributed by atoms with E-state index < -0.39 is 17.2 Å². The van der Waals surface area contributed by atoms with Crippen LogP contribution in [0.2, 0.25) is 0 Å². The zero-order valence-electron chi connectivity index (χ0n) is 9.01. The molecule has 0 saturated carbocycles. The third-order valence-corrected chi connectivity index (χ3v) is 3.09. The van der Waals surface area contributed by atoms with Crippen LogP contribution in [-0.2, 0) is 10.3 Å². The summed E-state index contributed by atoms with van der Waals surface area (Å²) in [5.74, 6) is -1.67. The van der Waals surface area contributed by atoms with Crippen LogP contribution in [0.1, 0.15) is 24.8 Å². The summed E-state index contributed by atoms with van der Waals surface area (Å²) in [6.45, 7) is 1.13.